The summed E-state index contributed by atoms with van der Waals surface area (Å²) >= 11 is 6.24. The third-order valence-electron chi connectivity index (χ3n) is 4.83. The predicted octanol–water partition coefficient (Wildman–Crippen LogP) is 2.41. The van der Waals surface area contributed by atoms with Crippen molar-refractivity contribution in [1.29, 1.82) is 0 Å². The molecule has 25 heavy (non-hydrogen) atoms. The van der Waals surface area contributed by atoms with Gasteiger partial charge in [-0.25, -0.2) is 14.6 Å². The quantitative estimate of drug-likeness (QED) is 0.569. The Kier molecular flexibility index (Phi) is 3.03. The van der Waals surface area contributed by atoms with Gasteiger partial charge in [0.15, 0.2) is 11.6 Å². The lowest BCUT2D eigenvalue weighted by atomic mass is 10.1. The van der Waals surface area contributed by atoms with Crippen molar-refractivity contribution in [2.75, 3.05) is 0 Å². The van der Waals surface area contributed by atoms with Gasteiger partial charge in [0.2, 0.25) is 5.91 Å². The summed E-state index contributed by atoms with van der Waals surface area (Å²) in [6.07, 6.45) is 3.06. The number of nitrogens with one attached hydrogen (secondary N) is 1. The van der Waals surface area contributed by atoms with Crippen LogP contribution in [0.3, 0.4) is 0 Å². The summed E-state index contributed by atoms with van der Waals surface area (Å²) in [4.78, 5) is 20.7. The van der Waals surface area contributed by atoms with E-state index in [-0.39, 0.29) is 11.9 Å². The lowest BCUT2D eigenvalue weighted by Gasteiger charge is -2.09. The van der Waals surface area contributed by atoms with Crippen LogP contribution in [-0.4, -0.2) is 30.2 Å². The van der Waals surface area contributed by atoms with Crippen LogP contribution in [0.1, 0.15) is 36.1 Å². The standard InChI is InChI=1S/C17H15ClN6O/c1-9-14-7-24-17(21-16(22-24)12-3-5-15(25)20-12)11-6-10(18)2-4-13(11)23(14)8-19-9/h2,4,6,8,12H,3,5,7H2,1H3,(H,20,25)/t12-/m1/s1. The van der Waals surface area contributed by atoms with E-state index in [9.17, 15) is 4.79 Å². The summed E-state index contributed by atoms with van der Waals surface area (Å²) in [5.74, 6) is 1.46. The number of aromatic nitrogens is 5. The smallest absolute Gasteiger partial charge is 0.220 e. The monoisotopic (exact) mass is 354 g/mol. The molecular formula is C17H15ClN6O. The number of halogens is 1. The topological polar surface area (TPSA) is 77.6 Å². The predicted molar refractivity (Wildman–Crippen MR) is 91.5 cm³/mol. The van der Waals surface area contributed by atoms with Crippen molar-refractivity contribution in [3.8, 4) is 17.1 Å². The van der Waals surface area contributed by atoms with Gasteiger partial charge in [-0.3, -0.25) is 4.79 Å². The molecule has 0 radical (unpaired) electrons. The maximum Gasteiger partial charge on any atom is 0.220 e. The van der Waals surface area contributed by atoms with E-state index in [4.69, 9.17) is 16.6 Å². The molecule has 7 nitrogen and oxygen atoms in total. The molecule has 1 N–H and O–H groups in total. The number of carbonyl (C=O) groups excluding carboxylic acids is 1. The fourth-order valence-electron chi connectivity index (χ4n) is 3.52. The van der Waals surface area contributed by atoms with E-state index >= 15 is 0 Å². The van der Waals surface area contributed by atoms with Crippen LogP contribution in [-0.2, 0) is 11.3 Å². The van der Waals surface area contributed by atoms with E-state index in [1.54, 1.807) is 0 Å². The van der Waals surface area contributed by atoms with E-state index in [0.717, 1.165) is 34.9 Å². The minimum atomic E-state index is -0.124. The molecular weight excluding hydrogens is 340 g/mol. The summed E-state index contributed by atoms with van der Waals surface area (Å²) in [6.45, 7) is 2.56. The minimum absolute atomic E-state index is 0.0485. The number of fused-ring (bicyclic) bond motifs is 5. The van der Waals surface area contributed by atoms with Crippen LogP contribution in [0.2, 0.25) is 5.02 Å². The Morgan fingerprint density at radius 1 is 1.36 bits per heavy atom. The fraction of sp³-hybridized carbons (Fsp3) is 0.294. The summed E-state index contributed by atoms with van der Waals surface area (Å²) in [5, 5.41) is 8.26. The van der Waals surface area contributed by atoms with Crippen molar-refractivity contribution in [2.24, 2.45) is 0 Å². The number of hydrogen-bond acceptors (Lipinski definition) is 4. The Morgan fingerprint density at radius 2 is 2.24 bits per heavy atom. The molecule has 0 aliphatic carbocycles. The van der Waals surface area contributed by atoms with Gasteiger partial charge in [-0.1, -0.05) is 11.6 Å². The molecule has 0 saturated carbocycles. The Balaban J connectivity index is 1.72. The van der Waals surface area contributed by atoms with Gasteiger partial charge in [-0.05, 0) is 31.5 Å². The van der Waals surface area contributed by atoms with Crippen molar-refractivity contribution in [1.82, 2.24) is 29.6 Å². The molecule has 2 aliphatic rings. The van der Waals surface area contributed by atoms with Crippen LogP contribution in [0, 0.1) is 6.92 Å². The molecule has 1 saturated heterocycles. The zero-order chi connectivity index (χ0) is 17.1. The van der Waals surface area contributed by atoms with Crippen LogP contribution < -0.4 is 5.32 Å². The van der Waals surface area contributed by atoms with Crippen molar-refractivity contribution < 1.29 is 4.79 Å². The summed E-state index contributed by atoms with van der Waals surface area (Å²) in [5.41, 5.74) is 3.91. The van der Waals surface area contributed by atoms with Crippen LogP contribution in [0.4, 0.5) is 0 Å². The molecule has 1 atom stereocenters. The first kappa shape index (κ1) is 14.7. The number of nitrogens with zero attached hydrogens (tertiary/aromatic N) is 5. The van der Waals surface area contributed by atoms with Crippen molar-refractivity contribution in [3.63, 3.8) is 0 Å². The lowest BCUT2D eigenvalue weighted by Crippen LogP contribution is -2.19. The zero-order valence-corrected chi connectivity index (χ0v) is 14.3. The number of hydrogen-bond donors (Lipinski definition) is 1. The Labute approximate surface area is 148 Å². The molecule has 1 amide bonds. The number of aryl methyl sites for hydroxylation is 1. The van der Waals surface area contributed by atoms with E-state index in [2.05, 4.69) is 20.0 Å². The number of carbonyl (C=O) groups is 1. The summed E-state index contributed by atoms with van der Waals surface area (Å²) in [6, 6.07) is 5.62. The van der Waals surface area contributed by atoms with Gasteiger partial charge in [-0.15, -0.1) is 0 Å². The maximum absolute atomic E-state index is 11.5. The second-order valence-electron chi connectivity index (χ2n) is 6.42. The van der Waals surface area contributed by atoms with Gasteiger partial charge in [0.05, 0.1) is 36.0 Å². The Morgan fingerprint density at radius 3 is 3.04 bits per heavy atom. The minimum Gasteiger partial charge on any atom is -0.346 e. The molecule has 3 aromatic rings. The van der Waals surface area contributed by atoms with Crippen molar-refractivity contribution in [3.05, 3.63) is 46.8 Å². The first-order chi connectivity index (χ1) is 12.1. The van der Waals surface area contributed by atoms with Crippen molar-refractivity contribution in [2.45, 2.75) is 32.4 Å². The molecule has 0 spiro atoms. The average Bonchev–Trinajstić information content (AvgIpc) is 3.27. The number of amides is 1. The van der Waals surface area contributed by atoms with Crippen LogP contribution >= 0.6 is 11.6 Å². The molecule has 4 heterocycles. The highest BCUT2D eigenvalue weighted by molar-refractivity contribution is 6.31. The SMILES string of the molecule is Cc1ncn2c1Cn1nc([C@H]3CCC(=O)N3)nc1-c1cc(Cl)ccc1-2. The molecule has 0 bridgehead atoms. The van der Waals surface area contributed by atoms with Crippen molar-refractivity contribution >= 4 is 17.5 Å². The van der Waals surface area contributed by atoms with E-state index in [1.807, 2.05) is 36.1 Å². The first-order valence-electron chi connectivity index (χ1n) is 8.17. The van der Waals surface area contributed by atoms with E-state index in [0.29, 0.717) is 23.8 Å². The third kappa shape index (κ3) is 2.19. The summed E-state index contributed by atoms with van der Waals surface area (Å²) in [7, 11) is 0. The molecule has 5 rings (SSSR count). The van der Waals surface area contributed by atoms with Gasteiger partial charge in [-0.2, -0.15) is 5.10 Å². The molecule has 1 fully saturated rings. The highest BCUT2D eigenvalue weighted by Crippen LogP contribution is 2.34. The Bertz CT molecular complexity index is 1020. The summed E-state index contributed by atoms with van der Waals surface area (Å²) < 4.78 is 3.94. The largest absolute Gasteiger partial charge is 0.346 e. The fourth-order valence-corrected chi connectivity index (χ4v) is 3.70. The average molecular weight is 355 g/mol. The normalized spacial score (nSPS) is 18.3. The van der Waals surface area contributed by atoms with E-state index in [1.165, 1.54) is 0 Å². The molecule has 2 aliphatic heterocycles. The number of imidazole rings is 1. The van der Waals surface area contributed by atoms with Crippen LogP contribution in [0.5, 0.6) is 0 Å². The first-order valence-corrected chi connectivity index (χ1v) is 8.55. The highest BCUT2D eigenvalue weighted by Gasteiger charge is 2.29. The maximum atomic E-state index is 11.5. The van der Waals surface area contributed by atoms with Gasteiger partial charge in [0.25, 0.3) is 0 Å². The van der Waals surface area contributed by atoms with E-state index < -0.39 is 0 Å². The van der Waals surface area contributed by atoms with Gasteiger partial charge >= 0.3 is 0 Å². The lowest BCUT2D eigenvalue weighted by molar-refractivity contribution is -0.119. The number of benzene rings is 1. The molecule has 8 heteroatoms. The Hall–Kier alpha value is -2.67. The molecule has 126 valence electrons. The van der Waals surface area contributed by atoms with Gasteiger partial charge in [0, 0.05) is 17.0 Å². The highest BCUT2D eigenvalue weighted by atomic mass is 35.5. The molecule has 0 unspecified atom stereocenters. The molecule has 1 aromatic carbocycles. The van der Waals surface area contributed by atoms with Gasteiger partial charge < -0.3 is 9.88 Å². The van der Waals surface area contributed by atoms with Gasteiger partial charge in [0.1, 0.15) is 0 Å². The van der Waals surface area contributed by atoms with Crippen LogP contribution in [0.15, 0.2) is 24.5 Å². The number of rotatable bonds is 1. The second-order valence-corrected chi connectivity index (χ2v) is 6.85. The second kappa shape index (κ2) is 5.16. The van der Waals surface area contributed by atoms with Crippen LogP contribution in [0.25, 0.3) is 17.1 Å². The molecule has 2 aromatic heterocycles. The zero-order valence-electron chi connectivity index (χ0n) is 13.5. The third-order valence-corrected chi connectivity index (χ3v) is 5.06.